The first-order chi connectivity index (χ1) is 7.27. The van der Waals surface area contributed by atoms with Gasteiger partial charge < -0.3 is 9.72 Å². The van der Waals surface area contributed by atoms with E-state index < -0.39 is 0 Å². The number of nitrogens with one attached hydrogen (secondary N) is 1. The Labute approximate surface area is 87.7 Å². The van der Waals surface area contributed by atoms with Gasteiger partial charge in [-0.2, -0.15) is 0 Å². The lowest BCUT2D eigenvalue weighted by atomic mass is 10.2. The molecular formula is C12H11NO2. The van der Waals surface area contributed by atoms with Crippen molar-refractivity contribution < 1.29 is 9.53 Å². The number of H-pyrrole nitrogens is 1. The van der Waals surface area contributed by atoms with Crippen LogP contribution in [0.15, 0.2) is 42.7 Å². The Morgan fingerprint density at radius 1 is 1.27 bits per heavy atom. The number of aryl methyl sites for hydroxylation is 1. The molecule has 1 aromatic heterocycles. The Kier molecular flexibility index (Phi) is 2.54. The molecule has 0 fully saturated rings. The van der Waals surface area contributed by atoms with E-state index in [0.29, 0.717) is 11.3 Å². The molecule has 2 rings (SSSR count). The maximum Gasteiger partial charge on any atom is 0.345 e. The molecule has 3 heteroatoms. The van der Waals surface area contributed by atoms with Crippen molar-refractivity contribution in [2.75, 3.05) is 0 Å². The maximum atomic E-state index is 11.6. The van der Waals surface area contributed by atoms with Gasteiger partial charge in [-0.05, 0) is 24.6 Å². The number of rotatable bonds is 2. The number of carbonyl (C=O) groups excluding carboxylic acids is 1. The molecule has 0 unspecified atom stereocenters. The minimum atomic E-state index is -0.342. The predicted molar refractivity (Wildman–Crippen MR) is 56.9 cm³/mol. The Balaban J connectivity index is 2.17. The van der Waals surface area contributed by atoms with Crippen molar-refractivity contribution in [2.24, 2.45) is 0 Å². The van der Waals surface area contributed by atoms with E-state index in [-0.39, 0.29) is 5.97 Å². The lowest BCUT2D eigenvalue weighted by Crippen LogP contribution is -2.07. The molecule has 0 amide bonds. The molecule has 1 heterocycles. The molecule has 2 aromatic rings. The summed E-state index contributed by atoms with van der Waals surface area (Å²) in [5, 5.41) is 0. The Morgan fingerprint density at radius 3 is 2.73 bits per heavy atom. The van der Waals surface area contributed by atoms with Crippen LogP contribution in [0.1, 0.15) is 15.9 Å². The van der Waals surface area contributed by atoms with Crippen LogP contribution in [0.2, 0.25) is 0 Å². The van der Waals surface area contributed by atoms with Gasteiger partial charge in [0.25, 0.3) is 0 Å². The Bertz CT molecular complexity index is 460. The second-order valence-electron chi connectivity index (χ2n) is 3.25. The second-order valence-corrected chi connectivity index (χ2v) is 3.25. The third-order valence-electron chi connectivity index (χ3n) is 2.13. The van der Waals surface area contributed by atoms with E-state index in [4.69, 9.17) is 4.74 Å². The predicted octanol–water partition coefficient (Wildman–Crippen LogP) is 2.54. The van der Waals surface area contributed by atoms with Gasteiger partial charge in [0.05, 0.1) is 5.56 Å². The van der Waals surface area contributed by atoms with Gasteiger partial charge in [0.2, 0.25) is 0 Å². The minimum absolute atomic E-state index is 0.342. The number of hydrogen-bond acceptors (Lipinski definition) is 2. The number of benzene rings is 1. The van der Waals surface area contributed by atoms with Crippen molar-refractivity contribution >= 4 is 5.97 Å². The first kappa shape index (κ1) is 9.52. The molecule has 1 N–H and O–H groups in total. The lowest BCUT2D eigenvalue weighted by Gasteiger charge is -2.05. The molecule has 0 aliphatic rings. The van der Waals surface area contributed by atoms with Crippen LogP contribution < -0.4 is 4.74 Å². The molecule has 0 aliphatic heterocycles. The Morgan fingerprint density at radius 2 is 2.07 bits per heavy atom. The molecule has 0 radical (unpaired) electrons. The summed E-state index contributed by atoms with van der Waals surface area (Å²) in [7, 11) is 0. The van der Waals surface area contributed by atoms with E-state index in [0.717, 1.165) is 5.56 Å². The largest absolute Gasteiger partial charge is 0.423 e. The van der Waals surface area contributed by atoms with Gasteiger partial charge in [-0.1, -0.05) is 18.2 Å². The Hall–Kier alpha value is -2.03. The summed E-state index contributed by atoms with van der Waals surface area (Å²) in [4.78, 5) is 14.4. The van der Waals surface area contributed by atoms with Crippen LogP contribution in [-0.4, -0.2) is 11.0 Å². The van der Waals surface area contributed by atoms with E-state index in [2.05, 4.69) is 4.98 Å². The van der Waals surface area contributed by atoms with E-state index in [1.807, 2.05) is 25.1 Å². The van der Waals surface area contributed by atoms with Crippen LogP contribution in [-0.2, 0) is 0 Å². The fourth-order valence-corrected chi connectivity index (χ4v) is 1.28. The summed E-state index contributed by atoms with van der Waals surface area (Å²) < 4.78 is 5.23. The second kappa shape index (κ2) is 4.00. The highest BCUT2D eigenvalue weighted by molar-refractivity contribution is 5.90. The highest BCUT2D eigenvalue weighted by Crippen LogP contribution is 2.17. The van der Waals surface area contributed by atoms with E-state index in [9.17, 15) is 4.79 Å². The molecule has 1 aromatic carbocycles. The highest BCUT2D eigenvalue weighted by atomic mass is 16.5. The van der Waals surface area contributed by atoms with E-state index in [1.165, 1.54) is 0 Å². The zero-order valence-electron chi connectivity index (χ0n) is 8.36. The number of aromatic nitrogens is 1. The van der Waals surface area contributed by atoms with Crippen molar-refractivity contribution in [3.8, 4) is 5.75 Å². The van der Waals surface area contributed by atoms with Gasteiger partial charge in [0, 0.05) is 12.4 Å². The van der Waals surface area contributed by atoms with Gasteiger partial charge in [-0.25, -0.2) is 4.79 Å². The van der Waals surface area contributed by atoms with Gasteiger partial charge in [-0.15, -0.1) is 0 Å². The molecule has 15 heavy (non-hydrogen) atoms. The summed E-state index contributed by atoms with van der Waals surface area (Å²) in [6.07, 6.45) is 3.30. The van der Waals surface area contributed by atoms with Crippen molar-refractivity contribution in [3.63, 3.8) is 0 Å². The van der Waals surface area contributed by atoms with Gasteiger partial charge >= 0.3 is 5.97 Å². The van der Waals surface area contributed by atoms with Crippen molar-refractivity contribution in [1.29, 1.82) is 0 Å². The molecule has 0 saturated carbocycles. The van der Waals surface area contributed by atoms with Gasteiger partial charge in [0.15, 0.2) is 0 Å². The van der Waals surface area contributed by atoms with Crippen LogP contribution in [0.5, 0.6) is 5.75 Å². The fraction of sp³-hybridized carbons (Fsp3) is 0.0833. The standard InChI is InChI=1S/C12H11NO2/c1-9-4-2-3-5-11(9)15-12(14)10-6-7-13-8-10/h2-8,13H,1H3. The van der Waals surface area contributed by atoms with Crippen LogP contribution in [0, 0.1) is 6.92 Å². The fourth-order valence-electron chi connectivity index (χ4n) is 1.28. The topological polar surface area (TPSA) is 42.1 Å². The van der Waals surface area contributed by atoms with Gasteiger partial charge in [0.1, 0.15) is 5.75 Å². The summed E-state index contributed by atoms with van der Waals surface area (Å²) >= 11 is 0. The number of esters is 1. The number of aromatic amines is 1. The normalized spacial score (nSPS) is 9.93. The van der Waals surface area contributed by atoms with Crippen LogP contribution >= 0.6 is 0 Å². The first-order valence-corrected chi connectivity index (χ1v) is 4.68. The summed E-state index contributed by atoms with van der Waals surface area (Å²) in [5.74, 6) is 0.259. The quantitative estimate of drug-likeness (QED) is 0.599. The monoisotopic (exact) mass is 201 g/mol. The number of para-hydroxylation sites is 1. The van der Waals surface area contributed by atoms with Crippen LogP contribution in [0.4, 0.5) is 0 Å². The third kappa shape index (κ3) is 2.07. The van der Waals surface area contributed by atoms with Gasteiger partial charge in [-0.3, -0.25) is 0 Å². The molecule has 0 aliphatic carbocycles. The summed E-state index contributed by atoms with van der Waals surface area (Å²) in [6.45, 7) is 1.90. The average molecular weight is 201 g/mol. The maximum absolute atomic E-state index is 11.6. The molecular weight excluding hydrogens is 190 g/mol. The van der Waals surface area contributed by atoms with Crippen molar-refractivity contribution in [1.82, 2.24) is 4.98 Å². The third-order valence-corrected chi connectivity index (χ3v) is 2.13. The molecule has 0 spiro atoms. The van der Waals surface area contributed by atoms with E-state index in [1.54, 1.807) is 24.5 Å². The zero-order chi connectivity index (χ0) is 10.7. The molecule has 3 nitrogen and oxygen atoms in total. The number of hydrogen-bond donors (Lipinski definition) is 1. The number of carbonyl (C=O) groups is 1. The van der Waals surface area contributed by atoms with Crippen molar-refractivity contribution in [2.45, 2.75) is 6.92 Å². The SMILES string of the molecule is Cc1ccccc1OC(=O)c1cc[nH]c1. The molecule has 0 atom stereocenters. The highest BCUT2D eigenvalue weighted by Gasteiger charge is 2.09. The minimum Gasteiger partial charge on any atom is -0.423 e. The molecule has 0 bridgehead atoms. The van der Waals surface area contributed by atoms with Crippen LogP contribution in [0.3, 0.4) is 0 Å². The van der Waals surface area contributed by atoms with Crippen molar-refractivity contribution in [3.05, 3.63) is 53.9 Å². The number of ether oxygens (including phenoxy) is 1. The molecule has 0 saturated heterocycles. The van der Waals surface area contributed by atoms with E-state index >= 15 is 0 Å². The smallest absolute Gasteiger partial charge is 0.345 e. The first-order valence-electron chi connectivity index (χ1n) is 4.68. The average Bonchev–Trinajstić information content (AvgIpc) is 2.74. The zero-order valence-corrected chi connectivity index (χ0v) is 8.36. The molecule has 76 valence electrons. The lowest BCUT2D eigenvalue weighted by molar-refractivity contribution is 0.0734. The summed E-state index contributed by atoms with van der Waals surface area (Å²) in [5.41, 5.74) is 1.47. The summed E-state index contributed by atoms with van der Waals surface area (Å²) in [6, 6.07) is 9.11. The van der Waals surface area contributed by atoms with Crippen LogP contribution in [0.25, 0.3) is 0 Å².